The molecule has 1 atom stereocenters. The molecule has 0 radical (unpaired) electrons. The quantitative estimate of drug-likeness (QED) is 0.724. The van der Waals surface area contributed by atoms with Crippen LogP contribution in [0.4, 0.5) is 13.2 Å². The number of rotatable bonds is 6. The average molecular weight is 440 g/mol. The van der Waals surface area contributed by atoms with Crippen LogP contribution >= 0.6 is 11.6 Å². The van der Waals surface area contributed by atoms with E-state index in [-0.39, 0.29) is 24.1 Å². The molecule has 30 heavy (non-hydrogen) atoms. The minimum absolute atomic E-state index is 0.0461. The number of likely N-dealkylation sites (tertiary alicyclic amines) is 1. The van der Waals surface area contributed by atoms with Crippen molar-refractivity contribution in [2.75, 3.05) is 19.6 Å². The van der Waals surface area contributed by atoms with E-state index in [2.05, 4.69) is 15.5 Å². The molecule has 5 nitrogen and oxygen atoms in total. The van der Waals surface area contributed by atoms with Crippen molar-refractivity contribution in [3.05, 3.63) is 70.2 Å². The summed E-state index contributed by atoms with van der Waals surface area (Å²) in [7, 11) is 0. The summed E-state index contributed by atoms with van der Waals surface area (Å²) in [4.78, 5) is 26.4. The molecule has 2 N–H and O–H groups in total. The van der Waals surface area contributed by atoms with E-state index >= 15 is 0 Å². The molecular weight excluding hydrogens is 419 g/mol. The second-order valence-corrected chi connectivity index (χ2v) is 7.61. The van der Waals surface area contributed by atoms with Crippen LogP contribution in [-0.4, -0.2) is 42.4 Å². The van der Waals surface area contributed by atoms with Crippen LogP contribution in [0.15, 0.2) is 48.5 Å². The minimum Gasteiger partial charge on any atom is -0.350 e. The van der Waals surface area contributed by atoms with Gasteiger partial charge >= 0.3 is 6.18 Å². The Labute approximate surface area is 177 Å². The zero-order chi connectivity index (χ0) is 21.7. The first-order valence-electron chi connectivity index (χ1n) is 9.42. The van der Waals surface area contributed by atoms with E-state index in [1.165, 1.54) is 6.07 Å². The number of hydrogen-bond donors (Lipinski definition) is 2. The molecule has 9 heteroatoms. The topological polar surface area (TPSA) is 61.4 Å². The van der Waals surface area contributed by atoms with Crippen LogP contribution in [0.3, 0.4) is 0 Å². The van der Waals surface area contributed by atoms with Gasteiger partial charge in [0.1, 0.15) is 0 Å². The van der Waals surface area contributed by atoms with E-state index in [0.29, 0.717) is 11.6 Å². The second kappa shape index (κ2) is 9.49. The summed E-state index contributed by atoms with van der Waals surface area (Å²) in [5.74, 6) is -1.11. The van der Waals surface area contributed by atoms with Crippen molar-refractivity contribution in [2.45, 2.75) is 25.2 Å². The van der Waals surface area contributed by atoms with E-state index in [1.54, 1.807) is 0 Å². The maximum Gasteiger partial charge on any atom is 0.416 e. The Bertz CT molecular complexity index is 903. The van der Waals surface area contributed by atoms with Crippen LogP contribution in [-0.2, 0) is 17.5 Å². The fourth-order valence-electron chi connectivity index (χ4n) is 3.32. The predicted octanol–water partition coefficient (Wildman–Crippen LogP) is 3.48. The van der Waals surface area contributed by atoms with Crippen LogP contribution in [0.5, 0.6) is 0 Å². The van der Waals surface area contributed by atoms with Gasteiger partial charge in [0.05, 0.1) is 12.1 Å². The molecule has 1 saturated heterocycles. The lowest BCUT2D eigenvalue weighted by Gasteiger charge is -2.17. The highest BCUT2D eigenvalue weighted by atomic mass is 35.5. The number of hydrogen-bond acceptors (Lipinski definition) is 3. The van der Waals surface area contributed by atoms with Crippen LogP contribution in [0, 0.1) is 0 Å². The van der Waals surface area contributed by atoms with Gasteiger partial charge in [-0.1, -0.05) is 29.8 Å². The lowest BCUT2D eigenvalue weighted by molar-refractivity contribution is -0.137. The predicted molar refractivity (Wildman–Crippen MR) is 107 cm³/mol. The third-order valence-electron chi connectivity index (χ3n) is 4.82. The monoisotopic (exact) mass is 439 g/mol. The maximum absolute atomic E-state index is 12.8. The van der Waals surface area contributed by atoms with Gasteiger partial charge in [-0.3, -0.25) is 14.5 Å². The molecule has 1 aliphatic heterocycles. The van der Waals surface area contributed by atoms with E-state index in [9.17, 15) is 22.8 Å². The maximum atomic E-state index is 12.8. The molecule has 2 amide bonds. The van der Waals surface area contributed by atoms with Gasteiger partial charge in [0, 0.05) is 36.3 Å². The summed E-state index contributed by atoms with van der Waals surface area (Å²) in [5.41, 5.74) is 0.0682. The zero-order valence-electron chi connectivity index (χ0n) is 16.0. The largest absolute Gasteiger partial charge is 0.416 e. The number of carbonyl (C=O) groups is 2. The molecule has 0 unspecified atom stereocenters. The van der Waals surface area contributed by atoms with Crippen LogP contribution in [0.25, 0.3) is 0 Å². The Hall–Kier alpha value is -2.58. The molecule has 160 valence electrons. The first-order valence-corrected chi connectivity index (χ1v) is 9.80. The van der Waals surface area contributed by atoms with Gasteiger partial charge in [0.25, 0.3) is 5.91 Å². The molecule has 3 rings (SSSR count). The number of benzene rings is 2. The number of alkyl halides is 3. The normalized spacial score (nSPS) is 17.0. The van der Waals surface area contributed by atoms with Crippen LogP contribution < -0.4 is 10.6 Å². The standard InChI is InChI=1S/C21H21ClF3N3O2/c22-17-6-4-14(5-7-17)12-28-9-8-18(13-28)27-19(29)11-26-20(30)15-2-1-3-16(10-15)21(23,24)25/h1-7,10,18H,8-9,11-13H2,(H,26,30)(H,27,29)/t18-/m1/s1. The van der Waals surface area contributed by atoms with Gasteiger partial charge in [-0.15, -0.1) is 0 Å². The van der Waals surface area contributed by atoms with Crippen molar-refractivity contribution >= 4 is 23.4 Å². The summed E-state index contributed by atoms with van der Waals surface area (Å²) < 4.78 is 38.3. The van der Waals surface area contributed by atoms with Gasteiger partial charge < -0.3 is 10.6 Å². The Balaban J connectivity index is 1.44. The van der Waals surface area contributed by atoms with Gasteiger partial charge in [-0.05, 0) is 42.3 Å². The van der Waals surface area contributed by atoms with Crippen molar-refractivity contribution in [1.29, 1.82) is 0 Å². The van der Waals surface area contributed by atoms with E-state index in [4.69, 9.17) is 11.6 Å². The zero-order valence-corrected chi connectivity index (χ0v) is 16.8. The highest BCUT2D eigenvalue weighted by Crippen LogP contribution is 2.29. The summed E-state index contributed by atoms with van der Waals surface area (Å²) in [6.07, 6.45) is -3.76. The van der Waals surface area contributed by atoms with E-state index in [0.717, 1.165) is 43.3 Å². The van der Waals surface area contributed by atoms with Gasteiger partial charge in [-0.2, -0.15) is 13.2 Å². The molecule has 2 aromatic rings. The van der Waals surface area contributed by atoms with Gasteiger partial charge in [-0.25, -0.2) is 0 Å². The minimum atomic E-state index is -4.53. The SMILES string of the molecule is O=C(CNC(=O)c1cccc(C(F)(F)F)c1)N[C@@H]1CCN(Cc2ccc(Cl)cc2)C1. The smallest absolute Gasteiger partial charge is 0.350 e. The molecule has 1 heterocycles. The summed E-state index contributed by atoms with van der Waals surface area (Å²) in [6.45, 7) is 1.94. The second-order valence-electron chi connectivity index (χ2n) is 7.18. The number of halogens is 4. The van der Waals surface area contributed by atoms with Gasteiger partial charge in [0.15, 0.2) is 0 Å². The number of amides is 2. The molecule has 1 aliphatic rings. The Morgan fingerprint density at radius 3 is 2.57 bits per heavy atom. The lowest BCUT2D eigenvalue weighted by Crippen LogP contribution is -2.43. The molecule has 1 fully saturated rings. The molecule has 0 aliphatic carbocycles. The van der Waals surface area contributed by atoms with Crippen molar-refractivity contribution in [3.63, 3.8) is 0 Å². The molecule has 0 aromatic heterocycles. The van der Waals surface area contributed by atoms with Crippen molar-refractivity contribution in [3.8, 4) is 0 Å². The summed E-state index contributed by atoms with van der Waals surface area (Å²) >= 11 is 5.89. The van der Waals surface area contributed by atoms with Crippen LogP contribution in [0.2, 0.25) is 5.02 Å². The highest BCUT2D eigenvalue weighted by Gasteiger charge is 2.31. The Kier molecular flexibility index (Phi) is 6.99. The number of nitrogens with zero attached hydrogens (tertiary/aromatic N) is 1. The summed E-state index contributed by atoms with van der Waals surface area (Å²) in [5, 5.41) is 5.89. The fourth-order valence-corrected chi connectivity index (χ4v) is 3.45. The third kappa shape index (κ3) is 6.21. The van der Waals surface area contributed by atoms with E-state index in [1.807, 2.05) is 24.3 Å². The number of carbonyl (C=O) groups excluding carboxylic acids is 2. The van der Waals surface area contributed by atoms with Crippen LogP contribution in [0.1, 0.15) is 27.9 Å². The van der Waals surface area contributed by atoms with Gasteiger partial charge in [0.2, 0.25) is 5.91 Å². The molecular formula is C21H21ClF3N3O2. The van der Waals surface area contributed by atoms with Crippen molar-refractivity contribution in [1.82, 2.24) is 15.5 Å². The highest BCUT2D eigenvalue weighted by molar-refractivity contribution is 6.30. The fraction of sp³-hybridized carbons (Fsp3) is 0.333. The van der Waals surface area contributed by atoms with E-state index < -0.39 is 17.6 Å². The molecule has 0 saturated carbocycles. The molecule has 0 bridgehead atoms. The summed E-state index contributed by atoms with van der Waals surface area (Å²) in [6, 6.07) is 11.6. The number of nitrogens with one attached hydrogen (secondary N) is 2. The lowest BCUT2D eigenvalue weighted by atomic mass is 10.1. The average Bonchev–Trinajstić information content (AvgIpc) is 3.14. The Morgan fingerprint density at radius 1 is 1.13 bits per heavy atom. The first kappa shape index (κ1) is 22.1. The third-order valence-corrected chi connectivity index (χ3v) is 5.07. The first-order chi connectivity index (χ1) is 14.2. The Morgan fingerprint density at radius 2 is 1.87 bits per heavy atom. The molecule has 2 aromatic carbocycles. The van der Waals surface area contributed by atoms with Crippen molar-refractivity contribution < 1.29 is 22.8 Å². The molecule has 0 spiro atoms. The van der Waals surface area contributed by atoms with Crippen molar-refractivity contribution in [2.24, 2.45) is 0 Å².